The van der Waals surface area contributed by atoms with Gasteiger partial charge in [-0.2, -0.15) is 4.98 Å². The highest BCUT2D eigenvalue weighted by Gasteiger charge is 2.29. The first-order chi connectivity index (χ1) is 9.67. The van der Waals surface area contributed by atoms with Crippen LogP contribution in [0, 0.1) is 0 Å². The maximum Gasteiger partial charge on any atom is 0.277 e. The molecule has 1 aromatic rings. The molecule has 8 nitrogen and oxygen atoms in total. The SMILES string of the molecule is CC(O)C(O)C1CNc2nc(NS(C)(C)S)[nH]c(=O)c2N1. The third-order valence-electron chi connectivity index (χ3n) is 2.99. The maximum atomic E-state index is 12.1. The zero-order chi connectivity index (χ0) is 15.8. The van der Waals surface area contributed by atoms with Crippen molar-refractivity contribution in [3.63, 3.8) is 0 Å². The Balaban J connectivity index is 2.25. The summed E-state index contributed by atoms with van der Waals surface area (Å²) in [6.07, 6.45) is 1.95. The second-order valence-corrected chi connectivity index (χ2v) is 10.9. The van der Waals surface area contributed by atoms with Crippen LogP contribution in [0.1, 0.15) is 6.92 Å². The third-order valence-corrected chi connectivity index (χ3v) is 3.96. The van der Waals surface area contributed by atoms with Crippen molar-refractivity contribution in [2.24, 2.45) is 0 Å². The van der Waals surface area contributed by atoms with Crippen LogP contribution in [0.2, 0.25) is 0 Å². The van der Waals surface area contributed by atoms with Gasteiger partial charge in [-0.05, 0) is 19.4 Å². The lowest BCUT2D eigenvalue weighted by molar-refractivity contribution is 0.0214. The van der Waals surface area contributed by atoms with Crippen LogP contribution in [-0.2, 0) is 0 Å². The van der Waals surface area contributed by atoms with Gasteiger partial charge >= 0.3 is 0 Å². The molecule has 2 heterocycles. The maximum absolute atomic E-state index is 12.1. The molecule has 0 saturated carbocycles. The number of thiol groups is 1. The number of nitrogens with one attached hydrogen (secondary N) is 4. The van der Waals surface area contributed by atoms with Crippen molar-refractivity contribution >= 4 is 38.4 Å². The first-order valence-electron chi connectivity index (χ1n) is 6.42. The van der Waals surface area contributed by atoms with Crippen LogP contribution in [0.5, 0.6) is 0 Å². The fraction of sp³-hybridized carbons (Fsp3) is 0.636. The summed E-state index contributed by atoms with van der Waals surface area (Å²) < 4.78 is 3.05. The van der Waals surface area contributed by atoms with Crippen LogP contribution in [0.4, 0.5) is 17.5 Å². The number of rotatable bonds is 4. The molecule has 2 rings (SSSR count). The van der Waals surface area contributed by atoms with Crippen molar-refractivity contribution in [1.82, 2.24) is 9.97 Å². The molecule has 0 bridgehead atoms. The van der Waals surface area contributed by atoms with E-state index in [1.165, 1.54) is 6.92 Å². The minimum Gasteiger partial charge on any atom is -0.391 e. The van der Waals surface area contributed by atoms with Crippen molar-refractivity contribution in [2.45, 2.75) is 25.2 Å². The van der Waals surface area contributed by atoms with Crippen molar-refractivity contribution in [3.8, 4) is 0 Å². The zero-order valence-electron chi connectivity index (χ0n) is 12.0. The molecule has 3 unspecified atom stereocenters. The van der Waals surface area contributed by atoms with Gasteiger partial charge in [0.1, 0.15) is 11.8 Å². The number of nitrogens with zero attached hydrogens (tertiary/aromatic N) is 1. The summed E-state index contributed by atoms with van der Waals surface area (Å²) in [5.41, 5.74) is -0.0991. The topological polar surface area (TPSA) is 122 Å². The zero-order valence-corrected chi connectivity index (χ0v) is 13.8. The second kappa shape index (κ2) is 5.95. The van der Waals surface area contributed by atoms with Gasteiger partial charge in [-0.15, -0.1) is 20.9 Å². The lowest BCUT2D eigenvalue weighted by Crippen LogP contribution is -2.48. The number of aliphatic hydroxyl groups excluding tert-OH is 2. The van der Waals surface area contributed by atoms with Crippen LogP contribution in [-0.4, -0.2) is 57.5 Å². The van der Waals surface area contributed by atoms with Crippen molar-refractivity contribution in [3.05, 3.63) is 10.4 Å². The molecule has 1 aliphatic heterocycles. The van der Waals surface area contributed by atoms with E-state index in [0.29, 0.717) is 18.3 Å². The van der Waals surface area contributed by atoms with E-state index >= 15 is 0 Å². The monoisotopic (exact) mass is 335 g/mol. The first kappa shape index (κ1) is 16.3. The van der Waals surface area contributed by atoms with Crippen molar-refractivity contribution in [2.75, 3.05) is 34.4 Å². The molecular formula is C11H21N5O3S2. The third kappa shape index (κ3) is 3.96. The molecular weight excluding hydrogens is 314 g/mol. The van der Waals surface area contributed by atoms with Gasteiger partial charge in [-0.3, -0.25) is 9.78 Å². The Hall–Kier alpha value is -1.10. The summed E-state index contributed by atoms with van der Waals surface area (Å²) in [4.78, 5) is 19.0. The largest absolute Gasteiger partial charge is 0.391 e. The Morgan fingerprint density at radius 1 is 1.48 bits per heavy atom. The molecule has 0 aliphatic carbocycles. The Morgan fingerprint density at radius 2 is 2.14 bits per heavy atom. The smallest absolute Gasteiger partial charge is 0.277 e. The number of aromatic amines is 1. The molecule has 10 heteroatoms. The van der Waals surface area contributed by atoms with Gasteiger partial charge in [0, 0.05) is 6.54 Å². The van der Waals surface area contributed by atoms with Crippen LogP contribution in [0.15, 0.2) is 4.79 Å². The number of H-pyrrole nitrogens is 1. The van der Waals surface area contributed by atoms with Gasteiger partial charge < -0.3 is 25.6 Å². The molecule has 0 aromatic carbocycles. The van der Waals surface area contributed by atoms with Gasteiger partial charge in [-0.25, -0.2) is 0 Å². The summed E-state index contributed by atoms with van der Waals surface area (Å²) >= 11 is 4.40. The molecule has 0 saturated heterocycles. The van der Waals surface area contributed by atoms with Gasteiger partial charge in [0.25, 0.3) is 5.56 Å². The van der Waals surface area contributed by atoms with Gasteiger partial charge in [0.15, 0.2) is 5.82 Å². The van der Waals surface area contributed by atoms with E-state index in [1.807, 2.05) is 12.5 Å². The molecule has 0 amide bonds. The van der Waals surface area contributed by atoms with Gasteiger partial charge in [-0.1, -0.05) is 0 Å². The van der Waals surface area contributed by atoms with Crippen molar-refractivity contribution < 1.29 is 10.2 Å². The highest BCUT2D eigenvalue weighted by atomic mass is 33.1. The molecule has 21 heavy (non-hydrogen) atoms. The van der Waals surface area contributed by atoms with E-state index in [-0.39, 0.29) is 11.2 Å². The second-order valence-electron chi connectivity index (χ2n) is 5.38. The predicted molar refractivity (Wildman–Crippen MR) is 90.5 cm³/mol. The molecule has 0 fully saturated rings. The molecule has 1 aliphatic rings. The quantitative estimate of drug-likeness (QED) is 0.304. The number of hydrogen-bond acceptors (Lipinski definition) is 8. The fourth-order valence-corrected chi connectivity index (χ4v) is 2.83. The molecule has 0 spiro atoms. The van der Waals surface area contributed by atoms with E-state index in [2.05, 4.69) is 37.0 Å². The van der Waals surface area contributed by atoms with E-state index in [0.717, 1.165) is 0 Å². The van der Waals surface area contributed by atoms with Crippen molar-refractivity contribution in [1.29, 1.82) is 0 Å². The Morgan fingerprint density at radius 3 is 2.71 bits per heavy atom. The Labute approximate surface area is 129 Å². The Bertz CT molecular complexity index is 572. The summed E-state index contributed by atoms with van der Waals surface area (Å²) in [5, 5.41) is 25.2. The predicted octanol–water partition coefficient (Wildman–Crippen LogP) is -0.0465. The highest BCUT2D eigenvalue weighted by Crippen LogP contribution is 2.43. The average Bonchev–Trinajstić information content (AvgIpc) is 2.35. The van der Waals surface area contributed by atoms with Crippen LogP contribution in [0.3, 0.4) is 0 Å². The van der Waals surface area contributed by atoms with E-state index in [4.69, 9.17) is 0 Å². The summed E-state index contributed by atoms with van der Waals surface area (Å²) in [6, 6.07) is -0.467. The van der Waals surface area contributed by atoms with Gasteiger partial charge in [0.05, 0.1) is 12.1 Å². The normalized spacial score (nSPS) is 21.5. The minimum atomic E-state index is -1.37. The minimum absolute atomic E-state index is 0.253. The van der Waals surface area contributed by atoms with E-state index in [9.17, 15) is 15.0 Å². The molecule has 0 radical (unpaired) electrons. The number of fused-ring (bicyclic) bond motifs is 1. The van der Waals surface area contributed by atoms with Crippen LogP contribution >= 0.6 is 20.9 Å². The number of anilines is 3. The molecule has 3 atom stereocenters. The summed E-state index contributed by atoms with van der Waals surface area (Å²) in [6.45, 7) is 1.85. The average molecular weight is 335 g/mol. The first-order valence-corrected chi connectivity index (χ1v) is 9.92. The lowest BCUT2D eigenvalue weighted by atomic mass is 10.0. The lowest BCUT2D eigenvalue weighted by Gasteiger charge is -2.32. The highest BCUT2D eigenvalue weighted by molar-refractivity contribution is 8.87. The Kier molecular flexibility index (Phi) is 4.61. The standard InChI is InChI=1S/C11H21N5O3S2/c1-5(17)8(18)6-4-12-9-7(13-6)10(19)15-11(14-9)16-21(2,3)20/h5-6,8,13,17-18,20H,4H2,1-3H3,(H3,12,14,15,16,19). The molecule has 120 valence electrons. The number of aromatic nitrogens is 2. The van der Waals surface area contributed by atoms with Crippen LogP contribution < -0.4 is 20.9 Å². The van der Waals surface area contributed by atoms with E-state index in [1.54, 1.807) is 0 Å². The fourth-order valence-electron chi connectivity index (χ4n) is 2.01. The molecule has 6 N–H and O–H groups in total. The summed E-state index contributed by atoms with van der Waals surface area (Å²) in [7, 11) is -1.37. The van der Waals surface area contributed by atoms with E-state index < -0.39 is 27.5 Å². The molecule has 1 aromatic heterocycles. The van der Waals surface area contributed by atoms with Crippen LogP contribution in [0.25, 0.3) is 0 Å². The van der Waals surface area contributed by atoms with Gasteiger partial charge in [0.2, 0.25) is 5.95 Å². The number of aliphatic hydroxyl groups is 2. The number of hydrogen-bond donors (Lipinski definition) is 7. The summed E-state index contributed by atoms with van der Waals surface area (Å²) in [5.74, 6) is 0.754.